The SMILES string of the molecule is Cc1cc(OCC(C)(C)C(=O)O)ncc1-c1cnc(-c2ncc(C3(C(F)(F)F)CC3)[nH]2)c(C)c1. The smallest absolute Gasteiger partial charge is 0.399 e. The van der Waals surface area contributed by atoms with Gasteiger partial charge in [0.1, 0.15) is 17.7 Å². The number of ether oxygens (including phenoxy) is 1. The number of imidazole rings is 1. The van der Waals surface area contributed by atoms with Crippen molar-refractivity contribution in [2.75, 3.05) is 6.61 Å². The van der Waals surface area contributed by atoms with Crippen LogP contribution in [0.5, 0.6) is 5.88 Å². The number of nitrogens with zero attached hydrogens (tertiary/aromatic N) is 3. The van der Waals surface area contributed by atoms with Gasteiger partial charge in [-0.1, -0.05) is 0 Å². The van der Waals surface area contributed by atoms with Crippen LogP contribution in [0.4, 0.5) is 13.2 Å². The van der Waals surface area contributed by atoms with Crippen LogP contribution in [-0.4, -0.2) is 43.8 Å². The summed E-state index contributed by atoms with van der Waals surface area (Å²) < 4.78 is 45.8. The first kappa shape index (κ1) is 23.7. The molecule has 0 bridgehead atoms. The number of hydrogen-bond acceptors (Lipinski definition) is 5. The molecule has 1 aliphatic carbocycles. The number of aromatic amines is 1. The molecule has 0 spiro atoms. The number of H-pyrrole nitrogens is 1. The normalized spacial score (nSPS) is 15.3. The molecule has 0 aromatic carbocycles. The van der Waals surface area contributed by atoms with Crippen LogP contribution in [0.15, 0.2) is 30.7 Å². The molecule has 1 aliphatic rings. The number of hydrogen-bond donors (Lipinski definition) is 2. The van der Waals surface area contributed by atoms with Crippen molar-refractivity contribution in [2.24, 2.45) is 5.41 Å². The molecule has 0 saturated heterocycles. The van der Waals surface area contributed by atoms with E-state index in [2.05, 4.69) is 19.9 Å². The molecule has 0 unspecified atom stereocenters. The number of rotatable bonds is 7. The lowest BCUT2D eigenvalue weighted by Gasteiger charge is -2.19. The molecule has 7 nitrogen and oxygen atoms in total. The van der Waals surface area contributed by atoms with E-state index in [4.69, 9.17) is 4.74 Å². The zero-order valence-electron chi connectivity index (χ0n) is 19.2. The van der Waals surface area contributed by atoms with E-state index in [0.717, 1.165) is 22.3 Å². The minimum Gasteiger partial charge on any atom is -0.481 e. The lowest BCUT2D eigenvalue weighted by molar-refractivity contribution is -0.161. The van der Waals surface area contributed by atoms with Gasteiger partial charge in [0.05, 0.1) is 11.1 Å². The van der Waals surface area contributed by atoms with Gasteiger partial charge in [-0.2, -0.15) is 13.2 Å². The van der Waals surface area contributed by atoms with Crippen molar-refractivity contribution in [2.45, 2.75) is 52.1 Å². The Morgan fingerprint density at radius 1 is 1.09 bits per heavy atom. The maximum atomic E-state index is 13.4. The maximum Gasteiger partial charge on any atom is 0.399 e. The van der Waals surface area contributed by atoms with Crippen LogP contribution >= 0.6 is 0 Å². The summed E-state index contributed by atoms with van der Waals surface area (Å²) in [5, 5.41) is 9.21. The van der Waals surface area contributed by atoms with E-state index < -0.39 is 23.0 Å². The molecule has 0 amide bonds. The average Bonchev–Trinajstić information content (AvgIpc) is 3.44. The van der Waals surface area contributed by atoms with Crippen LogP contribution in [-0.2, 0) is 10.2 Å². The highest BCUT2D eigenvalue weighted by molar-refractivity contribution is 5.73. The summed E-state index contributed by atoms with van der Waals surface area (Å²) in [6, 6.07) is 3.60. The molecule has 180 valence electrons. The van der Waals surface area contributed by atoms with Crippen LogP contribution in [0, 0.1) is 19.3 Å². The molecule has 3 aromatic rings. The first-order valence-electron chi connectivity index (χ1n) is 10.8. The quantitative estimate of drug-likeness (QED) is 0.486. The minimum atomic E-state index is -4.31. The Balaban J connectivity index is 1.55. The number of aliphatic carboxylic acids is 1. The number of carboxylic acid groups (broad SMARTS) is 1. The van der Waals surface area contributed by atoms with E-state index in [-0.39, 0.29) is 25.1 Å². The van der Waals surface area contributed by atoms with Crippen LogP contribution in [0.2, 0.25) is 0 Å². The van der Waals surface area contributed by atoms with Crippen LogP contribution in [0.3, 0.4) is 0 Å². The van der Waals surface area contributed by atoms with Crippen LogP contribution in [0.25, 0.3) is 22.6 Å². The zero-order chi connectivity index (χ0) is 24.9. The fourth-order valence-corrected chi connectivity index (χ4v) is 3.71. The molecule has 34 heavy (non-hydrogen) atoms. The maximum absolute atomic E-state index is 13.4. The molecule has 0 aliphatic heterocycles. The largest absolute Gasteiger partial charge is 0.481 e. The minimum absolute atomic E-state index is 0.0236. The summed E-state index contributed by atoms with van der Waals surface area (Å²) in [6.07, 6.45) is 0.307. The molecule has 3 aromatic heterocycles. The summed E-state index contributed by atoms with van der Waals surface area (Å²) in [5.74, 6) is -0.343. The number of pyridine rings is 2. The summed E-state index contributed by atoms with van der Waals surface area (Å²) in [7, 11) is 0. The third-order valence-corrected chi connectivity index (χ3v) is 6.24. The molecule has 3 heterocycles. The Kier molecular flexibility index (Phi) is 5.65. The van der Waals surface area contributed by atoms with E-state index in [1.807, 2.05) is 19.9 Å². The van der Waals surface area contributed by atoms with E-state index in [0.29, 0.717) is 17.4 Å². The van der Waals surface area contributed by atoms with Gasteiger partial charge < -0.3 is 14.8 Å². The fourth-order valence-electron chi connectivity index (χ4n) is 3.71. The van der Waals surface area contributed by atoms with Gasteiger partial charge in [-0.25, -0.2) is 9.97 Å². The predicted octanol–water partition coefficient (Wildman–Crippen LogP) is 5.23. The van der Waals surface area contributed by atoms with Crippen molar-refractivity contribution in [3.8, 4) is 28.5 Å². The van der Waals surface area contributed by atoms with Gasteiger partial charge in [-0.3, -0.25) is 9.78 Å². The fraction of sp³-hybridized carbons (Fsp3) is 0.417. The van der Waals surface area contributed by atoms with Gasteiger partial charge in [0.25, 0.3) is 0 Å². The van der Waals surface area contributed by atoms with Crippen molar-refractivity contribution in [1.82, 2.24) is 19.9 Å². The second-order valence-corrected chi connectivity index (χ2v) is 9.43. The number of aryl methyl sites for hydroxylation is 2. The standard InChI is InChI=1S/C24H25F3N4O3/c1-13-8-18(34-12-22(3,4)21(32)33)28-10-16(13)15-7-14(2)19(29-9-15)20-30-11-17(31-20)23(5-6-23)24(25,26)27/h7-11H,5-6,12H2,1-4H3,(H,30,31)(H,32,33). The number of aromatic nitrogens is 4. The van der Waals surface area contributed by atoms with Gasteiger partial charge in [0, 0.05) is 35.8 Å². The molecule has 2 N–H and O–H groups in total. The molecule has 1 fully saturated rings. The van der Waals surface area contributed by atoms with Crippen molar-refractivity contribution in [1.29, 1.82) is 0 Å². The summed E-state index contributed by atoms with van der Waals surface area (Å²) in [4.78, 5) is 27.0. The second kappa shape index (κ2) is 8.11. The highest BCUT2D eigenvalue weighted by atomic mass is 19.4. The van der Waals surface area contributed by atoms with Gasteiger partial charge in [0.15, 0.2) is 5.82 Å². The monoisotopic (exact) mass is 474 g/mol. The van der Waals surface area contributed by atoms with Crippen molar-refractivity contribution >= 4 is 5.97 Å². The second-order valence-electron chi connectivity index (χ2n) is 9.43. The Hall–Kier alpha value is -3.43. The Morgan fingerprint density at radius 2 is 1.79 bits per heavy atom. The summed E-state index contributed by atoms with van der Waals surface area (Å²) in [6.45, 7) is 6.81. The average molecular weight is 474 g/mol. The predicted molar refractivity (Wildman–Crippen MR) is 118 cm³/mol. The van der Waals surface area contributed by atoms with E-state index in [1.54, 1.807) is 32.3 Å². The number of carboxylic acids is 1. The van der Waals surface area contributed by atoms with Gasteiger partial charge in [0.2, 0.25) is 5.88 Å². The highest BCUT2D eigenvalue weighted by Crippen LogP contribution is 2.58. The number of alkyl halides is 3. The number of nitrogens with one attached hydrogen (secondary N) is 1. The molecule has 1 saturated carbocycles. The third-order valence-electron chi connectivity index (χ3n) is 6.24. The Labute approximate surface area is 194 Å². The zero-order valence-corrected chi connectivity index (χ0v) is 19.2. The van der Waals surface area contributed by atoms with E-state index in [9.17, 15) is 23.1 Å². The molecule has 0 radical (unpaired) electrons. The van der Waals surface area contributed by atoms with E-state index >= 15 is 0 Å². The molecular weight excluding hydrogens is 449 g/mol. The number of carbonyl (C=O) groups is 1. The Morgan fingerprint density at radius 3 is 2.35 bits per heavy atom. The molecular formula is C24H25F3N4O3. The summed E-state index contributed by atoms with van der Waals surface area (Å²) >= 11 is 0. The van der Waals surface area contributed by atoms with Crippen LogP contribution in [0.1, 0.15) is 43.5 Å². The lowest BCUT2D eigenvalue weighted by atomic mass is 9.95. The third kappa shape index (κ3) is 4.24. The molecule has 10 heteroatoms. The van der Waals surface area contributed by atoms with Crippen molar-refractivity contribution in [3.63, 3.8) is 0 Å². The molecule has 0 atom stereocenters. The van der Waals surface area contributed by atoms with Gasteiger partial charge >= 0.3 is 12.1 Å². The topological polar surface area (TPSA) is 101 Å². The Bertz CT molecular complexity index is 1250. The van der Waals surface area contributed by atoms with E-state index in [1.165, 1.54) is 6.20 Å². The first-order valence-corrected chi connectivity index (χ1v) is 10.8. The molecule has 4 rings (SSSR count). The van der Waals surface area contributed by atoms with Crippen molar-refractivity contribution < 1.29 is 27.8 Å². The highest BCUT2D eigenvalue weighted by Gasteiger charge is 2.65. The van der Waals surface area contributed by atoms with Gasteiger partial charge in [-0.05, 0) is 57.7 Å². The lowest BCUT2D eigenvalue weighted by Crippen LogP contribution is -2.30. The van der Waals surface area contributed by atoms with Crippen LogP contribution < -0.4 is 4.74 Å². The number of halogens is 3. The van der Waals surface area contributed by atoms with Crippen molar-refractivity contribution in [3.05, 3.63) is 47.5 Å². The summed E-state index contributed by atoms with van der Waals surface area (Å²) in [5.41, 5.74) is 0.877. The first-order chi connectivity index (χ1) is 15.8. The van der Waals surface area contributed by atoms with Gasteiger partial charge in [-0.15, -0.1) is 0 Å².